The second-order valence-electron chi connectivity index (χ2n) is 6.01. The van der Waals surface area contributed by atoms with Gasteiger partial charge in [-0.1, -0.05) is 31.6 Å². The van der Waals surface area contributed by atoms with Crippen LogP contribution in [0, 0.1) is 16.6 Å². The number of benzene rings is 1. The number of allylic oxidation sites excluding steroid dienone is 1. The maximum Gasteiger partial charge on any atom is 0.299 e. The van der Waals surface area contributed by atoms with Crippen LogP contribution in [0.4, 0.5) is 4.39 Å². The molecule has 0 spiro atoms. The Kier molecular flexibility index (Phi) is 7.49. The summed E-state index contributed by atoms with van der Waals surface area (Å²) in [5, 5.41) is 7.93. The van der Waals surface area contributed by atoms with Gasteiger partial charge in [0, 0.05) is 5.71 Å². The molecule has 0 aliphatic carbocycles. The largest absolute Gasteiger partial charge is 0.413 e. The molecule has 1 aromatic rings. The molecule has 130 valence electrons. The van der Waals surface area contributed by atoms with Gasteiger partial charge in [0.15, 0.2) is 0 Å². The van der Waals surface area contributed by atoms with Crippen LogP contribution in [0.3, 0.4) is 0 Å². The minimum atomic E-state index is -0.840. The van der Waals surface area contributed by atoms with Crippen LogP contribution in [0.1, 0.15) is 52.5 Å². The highest BCUT2D eigenvalue weighted by Gasteiger charge is 2.30. The normalized spacial score (nSPS) is 12.9. The molecule has 0 radical (unpaired) electrons. The molecule has 0 amide bonds. The highest BCUT2D eigenvalue weighted by molar-refractivity contribution is 6.01. The Labute approximate surface area is 143 Å². The van der Waals surface area contributed by atoms with Crippen molar-refractivity contribution in [3.05, 3.63) is 47.4 Å². The first kappa shape index (κ1) is 19.7. The summed E-state index contributed by atoms with van der Waals surface area (Å²) >= 11 is 0. The van der Waals surface area contributed by atoms with E-state index in [0.29, 0.717) is 5.70 Å². The van der Waals surface area contributed by atoms with Crippen LogP contribution in [0.2, 0.25) is 0 Å². The highest BCUT2D eigenvalue weighted by atomic mass is 19.1. The molecule has 0 bridgehead atoms. The van der Waals surface area contributed by atoms with E-state index in [1.165, 1.54) is 12.1 Å². The molecule has 24 heavy (non-hydrogen) atoms. The van der Waals surface area contributed by atoms with Crippen LogP contribution >= 0.6 is 0 Å². The van der Waals surface area contributed by atoms with Gasteiger partial charge in [0.05, 0.1) is 11.1 Å². The molecule has 0 fully saturated rings. The number of hydrogen-bond donors (Lipinski definition) is 1. The second kappa shape index (κ2) is 9.11. The number of carbonyl (C=O) groups is 1. The van der Waals surface area contributed by atoms with E-state index in [2.05, 4.69) is 6.92 Å². The zero-order chi connectivity index (χ0) is 18.2. The zero-order valence-electron chi connectivity index (χ0n) is 14.7. The minimum Gasteiger partial charge on any atom is -0.413 e. The molecule has 5 heteroatoms. The zero-order valence-corrected chi connectivity index (χ0v) is 14.7. The topological polar surface area (TPSA) is 62.5 Å². The van der Waals surface area contributed by atoms with Gasteiger partial charge in [-0.3, -0.25) is 15.2 Å². The lowest BCUT2D eigenvalue weighted by Gasteiger charge is -2.25. The lowest BCUT2D eigenvalue weighted by atomic mass is 9.88. The van der Waals surface area contributed by atoms with Crippen LogP contribution in [0.15, 0.2) is 41.0 Å². The molecule has 0 unspecified atom stereocenters. The van der Waals surface area contributed by atoms with E-state index in [-0.39, 0.29) is 18.2 Å². The summed E-state index contributed by atoms with van der Waals surface area (Å²) in [6.45, 7) is 7.73. The standard InChI is InChI=1S/C19H25FN2O2/c1-5-7-8-16(14-9-11-15(20)12-10-14)22-17(6-2)19(3,4)18(21)24-13-23/h6,9-13,21H,5,7-8H2,1-4H3/b17-6-,21-18?,22-16+. The van der Waals surface area contributed by atoms with E-state index >= 15 is 0 Å². The van der Waals surface area contributed by atoms with Crippen molar-refractivity contribution in [3.63, 3.8) is 0 Å². The number of halogens is 1. The Hall–Kier alpha value is -2.30. The van der Waals surface area contributed by atoms with E-state index in [0.717, 1.165) is 30.5 Å². The third-order valence-electron chi connectivity index (χ3n) is 3.85. The quantitative estimate of drug-likeness (QED) is 0.419. The summed E-state index contributed by atoms with van der Waals surface area (Å²) in [6.07, 6.45) is 4.52. The monoisotopic (exact) mass is 332 g/mol. The summed E-state index contributed by atoms with van der Waals surface area (Å²) < 4.78 is 17.9. The molecule has 1 aromatic carbocycles. The fraction of sp³-hybridized carbons (Fsp3) is 0.421. The Morgan fingerprint density at radius 3 is 2.46 bits per heavy atom. The smallest absolute Gasteiger partial charge is 0.299 e. The molecule has 0 heterocycles. The van der Waals surface area contributed by atoms with Crippen molar-refractivity contribution in [1.82, 2.24) is 0 Å². The van der Waals surface area contributed by atoms with Crippen molar-refractivity contribution in [2.75, 3.05) is 0 Å². The predicted molar refractivity (Wildman–Crippen MR) is 94.9 cm³/mol. The van der Waals surface area contributed by atoms with Gasteiger partial charge in [-0.2, -0.15) is 0 Å². The van der Waals surface area contributed by atoms with E-state index in [1.807, 2.05) is 6.92 Å². The number of carbonyl (C=O) groups excluding carboxylic acids is 1. The number of nitrogens with zero attached hydrogens (tertiary/aromatic N) is 1. The molecule has 0 aliphatic heterocycles. The lowest BCUT2D eigenvalue weighted by molar-refractivity contribution is -0.122. The second-order valence-corrected chi connectivity index (χ2v) is 6.01. The average molecular weight is 332 g/mol. The van der Waals surface area contributed by atoms with Gasteiger partial charge in [-0.05, 0) is 51.3 Å². The number of ether oxygens (including phenoxy) is 1. The Bertz CT molecular complexity index is 631. The van der Waals surface area contributed by atoms with Gasteiger partial charge in [0.1, 0.15) is 5.82 Å². The molecule has 0 aliphatic rings. The van der Waals surface area contributed by atoms with Crippen molar-refractivity contribution < 1.29 is 13.9 Å². The number of hydrogen-bond acceptors (Lipinski definition) is 4. The van der Waals surface area contributed by atoms with Gasteiger partial charge in [-0.15, -0.1) is 0 Å². The van der Waals surface area contributed by atoms with Crippen molar-refractivity contribution in [2.45, 2.75) is 47.0 Å². The van der Waals surface area contributed by atoms with Crippen LogP contribution in [-0.2, 0) is 9.53 Å². The van der Waals surface area contributed by atoms with Crippen molar-refractivity contribution in [3.8, 4) is 0 Å². The molecule has 1 rings (SSSR count). The van der Waals surface area contributed by atoms with Crippen LogP contribution in [-0.4, -0.2) is 18.1 Å². The molecule has 0 saturated carbocycles. The van der Waals surface area contributed by atoms with Crippen molar-refractivity contribution in [2.24, 2.45) is 10.4 Å². The molecule has 1 N–H and O–H groups in total. The van der Waals surface area contributed by atoms with E-state index < -0.39 is 5.41 Å². The fourth-order valence-electron chi connectivity index (χ4n) is 2.27. The number of unbranched alkanes of at least 4 members (excludes halogenated alkanes) is 1. The van der Waals surface area contributed by atoms with Crippen LogP contribution in [0.25, 0.3) is 0 Å². The Morgan fingerprint density at radius 2 is 1.96 bits per heavy atom. The summed E-state index contributed by atoms with van der Waals surface area (Å²) in [6, 6.07) is 6.23. The summed E-state index contributed by atoms with van der Waals surface area (Å²) in [5.41, 5.74) is 1.47. The van der Waals surface area contributed by atoms with Gasteiger partial charge in [0.2, 0.25) is 5.90 Å². The summed E-state index contributed by atoms with van der Waals surface area (Å²) in [7, 11) is 0. The summed E-state index contributed by atoms with van der Waals surface area (Å²) in [4.78, 5) is 15.3. The molecule has 0 atom stereocenters. The SMILES string of the molecule is C/C=C(\N=C(/CCCC)c1ccc(F)cc1)C(C)(C)C(=N)OC=O. The van der Waals surface area contributed by atoms with Crippen LogP contribution in [0.5, 0.6) is 0 Å². The first-order valence-electron chi connectivity index (χ1n) is 8.06. The lowest BCUT2D eigenvalue weighted by Crippen LogP contribution is -2.28. The first-order valence-corrected chi connectivity index (χ1v) is 8.06. The van der Waals surface area contributed by atoms with Gasteiger partial charge in [-0.25, -0.2) is 4.39 Å². The molecule has 0 saturated heterocycles. The van der Waals surface area contributed by atoms with Gasteiger partial charge < -0.3 is 4.74 Å². The number of aliphatic imine (C=N–C) groups is 1. The first-order chi connectivity index (χ1) is 11.4. The summed E-state index contributed by atoms with van der Waals surface area (Å²) in [5.74, 6) is -0.454. The third-order valence-corrected chi connectivity index (χ3v) is 3.85. The van der Waals surface area contributed by atoms with Crippen LogP contribution < -0.4 is 0 Å². The van der Waals surface area contributed by atoms with E-state index in [9.17, 15) is 9.18 Å². The predicted octanol–water partition coefficient (Wildman–Crippen LogP) is 4.89. The Balaban J connectivity index is 3.25. The van der Waals surface area contributed by atoms with E-state index in [1.54, 1.807) is 32.1 Å². The number of nitrogens with one attached hydrogen (secondary N) is 1. The molecule has 0 aromatic heterocycles. The van der Waals surface area contributed by atoms with Crippen molar-refractivity contribution in [1.29, 1.82) is 5.41 Å². The average Bonchev–Trinajstić information content (AvgIpc) is 2.56. The molecular weight excluding hydrogens is 307 g/mol. The molecular formula is C19H25FN2O2. The van der Waals surface area contributed by atoms with Gasteiger partial charge in [0.25, 0.3) is 6.47 Å². The maximum absolute atomic E-state index is 13.2. The van der Waals surface area contributed by atoms with Crippen molar-refractivity contribution >= 4 is 18.1 Å². The fourth-order valence-corrected chi connectivity index (χ4v) is 2.27. The Morgan fingerprint density at radius 1 is 1.33 bits per heavy atom. The number of rotatable bonds is 8. The minimum absolute atomic E-state index is 0.164. The van der Waals surface area contributed by atoms with Gasteiger partial charge >= 0.3 is 0 Å². The molecule has 4 nitrogen and oxygen atoms in total. The third kappa shape index (κ3) is 5.11. The van der Waals surface area contributed by atoms with E-state index in [4.69, 9.17) is 15.1 Å². The highest BCUT2D eigenvalue weighted by Crippen LogP contribution is 2.30. The maximum atomic E-state index is 13.2.